The Labute approximate surface area is 193 Å². The van der Waals surface area contributed by atoms with Gasteiger partial charge in [-0.25, -0.2) is 9.67 Å². The van der Waals surface area contributed by atoms with E-state index in [0.717, 1.165) is 47.6 Å². The third-order valence-electron chi connectivity index (χ3n) is 6.57. The van der Waals surface area contributed by atoms with Gasteiger partial charge in [0.25, 0.3) is 0 Å². The molecule has 8 heteroatoms. The zero-order valence-corrected chi connectivity index (χ0v) is 18.6. The van der Waals surface area contributed by atoms with Gasteiger partial charge in [0.15, 0.2) is 0 Å². The average Bonchev–Trinajstić information content (AvgIpc) is 3.42. The predicted octanol–water partition coefficient (Wildman–Crippen LogP) is 2.85. The number of allylic oxidation sites excluding steroid dienone is 4. The van der Waals surface area contributed by atoms with Crippen LogP contribution in [0.25, 0.3) is 5.70 Å². The van der Waals surface area contributed by atoms with Crippen LogP contribution in [-0.2, 0) is 6.54 Å². The number of nitrogens with one attached hydrogen (secondary N) is 2. The second-order valence-electron chi connectivity index (χ2n) is 9.04. The lowest BCUT2D eigenvalue weighted by Gasteiger charge is -2.27. The summed E-state index contributed by atoms with van der Waals surface area (Å²) in [6.07, 6.45) is 24.8. The predicted molar refractivity (Wildman–Crippen MR) is 129 cm³/mol. The van der Waals surface area contributed by atoms with Crippen LogP contribution in [0.1, 0.15) is 25.0 Å². The number of fused-ring (bicyclic) bond motifs is 2. The Morgan fingerprint density at radius 2 is 2.12 bits per heavy atom. The lowest BCUT2D eigenvalue weighted by atomic mass is 9.85. The van der Waals surface area contributed by atoms with Gasteiger partial charge in [-0.15, -0.1) is 5.10 Å². The highest BCUT2D eigenvalue weighted by molar-refractivity contribution is 6.01. The normalized spacial score (nSPS) is 23.4. The van der Waals surface area contributed by atoms with Crippen molar-refractivity contribution in [1.29, 1.82) is 0 Å². The molecule has 6 rings (SSSR count). The Morgan fingerprint density at radius 3 is 3.00 bits per heavy atom. The Kier molecular flexibility index (Phi) is 5.07. The molecular weight excluding hydrogens is 412 g/mol. The van der Waals surface area contributed by atoms with Crippen LogP contribution in [0.15, 0.2) is 89.8 Å². The van der Waals surface area contributed by atoms with E-state index in [9.17, 15) is 0 Å². The van der Waals surface area contributed by atoms with Crippen molar-refractivity contribution < 1.29 is 0 Å². The van der Waals surface area contributed by atoms with Gasteiger partial charge in [0, 0.05) is 30.8 Å². The van der Waals surface area contributed by atoms with E-state index in [1.165, 1.54) is 24.8 Å². The molecule has 5 aliphatic rings. The van der Waals surface area contributed by atoms with Gasteiger partial charge in [-0.1, -0.05) is 30.4 Å². The minimum absolute atomic E-state index is 0.159. The van der Waals surface area contributed by atoms with Crippen molar-refractivity contribution in [3.8, 4) is 0 Å². The van der Waals surface area contributed by atoms with E-state index in [1.807, 2.05) is 46.3 Å². The molecule has 2 N–H and O–H groups in total. The van der Waals surface area contributed by atoms with E-state index in [2.05, 4.69) is 57.0 Å². The summed E-state index contributed by atoms with van der Waals surface area (Å²) in [7, 11) is 0. The summed E-state index contributed by atoms with van der Waals surface area (Å²) in [5.41, 5.74) is 4.77. The molecular formula is C25H28N8. The first kappa shape index (κ1) is 20.0. The molecule has 1 fully saturated rings. The topological polar surface area (TPSA) is 73.6 Å². The van der Waals surface area contributed by atoms with Crippen molar-refractivity contribution in [1.82, 2.24) is 35.4 Å². The van der Waals surface area contributed by atoms with Crippen molar-refractivity contribution in [2.24, 2.45) is 10.9 Å². The maximum Gasteiger partial charge on any atom is 0.137 e. The Bertz CT molecular complexity index is 1170. The van der Waals surface area contributed by atoms with Crippen molar-refractivity contribution in [2.75, 3.05) is 13.1 Å². The molecule has 1 saturated carbocycles. The molecule has 0 amide bonds. The van der Waals surface area contributed by atoms with Crippen LogP contribution >= 0.6 is 0 Å². The fraction of sp³-hybridized carbons (Fsp3) is 0.320. The molecule has 1 aromatic rings. The van der Waals surface area contributed by atoms with Crippen LogP contribution in [0, 0.1) is 5.92 Å². The molecule has 1 aromatic heterocycles. The van der Waals surface area contributed by atoms with Crippen LogP contribution in [0.4, 0.5) is 0 Å². The van der Waals surface area contributed by atoms with Crippen molar-refractivity contribution in [3.63, 3.8) is 0 Å². The molecule has 1 unspecified atom stereocenters. The van der Waals surface area contributed by atoms with Gasteiger partial charge < -0.3 is 20.4 Å². The summed E-state index contributed by atoms with van der Waals surface area (Å²) in [5, 5.41) is 15.8. The number of hydrogen-bond donors (Lipinski definition) is 2. The number of aromatic nitrogens is 3. The molecule has 1 atom stereocenters. The quantitative estimate of drug-likeness (QED) is 0.679. The van der Waals surface area contributed by atoms with Crippen molar-refractivity contribution in [3.05, 3.63) is 90.5 Å². The van der Waals surface area contributed by atoms with Gasteiger partial charge in [-0.3, -0.25) is 0 Å². The molecule has 4 aliphatic heterocycles. The van der Waals surface area contributed by atoms with Gasteiger partial charge in [0.05, 0.1) is 24.1 Å². The number of amidine groups is 1. The Hall–Kier alpha value is -3.65. The third kappa shape index (κ3) is 4.09. The largest absolute Gasteiger partial charge is 0.362 e. The summed E-state index contributed by atoms with van der Waals surface area (Å²) in [5.74, 6) is 1.71. The molecule has 5 heterocycles. The van der Waals surface area contributed by atoms with E-state index in [0.29, 0.717) is 6.54 Å². The fourth-order valence-corrected chi connectivity index (χ4v) is 4.53. The highest BCUT2D eigenvalue weighted by atomic mass is 15.4. The smallest absolute Gasteiger partial charge is 0.137 e. The minimum Gasteiger partial charge on any atom is -0.362 e. The van der Waals surface area contributed by atoms with Crippen LogP contribution < -0.4 is 10.6 Å². The monoisotopic (exact) mass is 440 g/mol. The molecule has 0 saturated heterocycles. The van der Waals surface area contributed by atoms with E-state index in [-0.39, 0.29) is 6.17 Å². The van der Waals surface area contributed by atoms with Crippen LogP contribution in [-0.4, -0.2) is 49.9 Å². The van der Waals surface area contributed by atoms with Crippen molar-refractivity contribution >= 4 is 11.5 Å². The molecule has 0 spiro atoms. The second kappa shape index (κ2) is 8.37. The molecule has 168 valence electrons. The molecule has 0 radical (unpaired) electrons. The summed E-state index contributed by atoms with van der Waals surface area (Å²) in [6, 6.07) is 0. The number of aliphatic imine (C=N–C) groups is 1. The number of hydrogen-bond acceptors (Lipinski definition) is 7. The van der Waals surface area contributed by atoms with Crippen molar-refractivity contribution in [2.45, 2.75) is 32.0 Å². The zero-order chi connectivity index (χ0) is 22.2. The van der Waals surface area contributed by atoms with Crippen LogP contribution in [0.5, 0.6) is 0 Å². The minimum atomic E-state index is 0.159. The summed E-state index contributed by atoms with van der Waals surface area (Å²) >= 11 is 0. The summed E-state index contributed by atoms with van der Waals surface area (Å²) < 4.78 is 1.84. The first-order valence-corrected chi connectivity index (χ1v) is 11.6. The average molecular weight is 441 g/mol. The second-order valence-corrected chi connectivity index (χ2v) is 9.04. The maximum absolute atomic E-state index is 4.71. The summed E-state index contributed by atoms with van der Waals surface area (Å²) in [6.45, 7) is 6.80. The van der Waals surface area contributed by atoms with Gasteiger partial charge in [-0.2, -0.15) is 0 Å². The van der Waals surface area contributed by atoms with Crippen LogP contribution in [0.2, 0.25) is 0 Å². The van der Waals surface area contributed by atoms with E-state index >= 15 is 0 Å². The van der Waals surface area contributed by atoms with E-state index in [1.54, 1.807) is 0 Å². The van der Waals surface area contributed by atoms with Gasteiger partial charge in [0.2, 0.25) is 0 Å². The standard InChI is InChI=1S/C25H28N8/c1-18-11-22(28-25-7-2-3-10-33(18)25)23-17-32(30-29-23)16-21-15-31-14-20(8-9-24(31)27-21)13-26-12-19-5-4-6-19/h2-3,7-11,14-15,17,19,24,26-27H,1,4-6,12-13,16H2. The highest BCUT2D eigenvalue weighted by Gasteiger charge is 2.24. The summed E-state index contributed by atoms with van der Waals surface area (Å²) in [4.78, 5) is 8.89. The van der Waals surface area contributed by atoms with Crippen LogP contribution in [0.3, 0.4) is 0 Å². The first-order chi connectivity index (χ1) is 16.2. The lowest BCUT2D eigenvalue weighted by molar-refractivity contribution is 0.305. The SMILES string of the molecule is C=C1C=C(c2cn(CC3=CN4C=C(CNCC5CCC5)C=CC4N3)nn2)N=C2C=CC=CN12. The van der Waals surface area contributed by atoms with E-state index < -0.39 is 0 Å². The van der Waals surface area contributed by atoms with E-state index in [4.69, 9.17) is 4.99 Å². The molecule has 0 aromatic carbocycles. The molecule has 8 nitrogen and oxygen atoms in total. The van der Waals surface area contributed by atoms with Gasteiger partial charge >= 0.3 is 0 Å². The maximum atomic E-state index is 4.71. The fourth-order valence-electron chi connectivity index (χ4n) is 4.53. The Balaban J connectivity index is 1.09. The molecule has 0 bridgehead atoms. The van der Waals surface area contributed by atoms with Gasteiger partial charge in [-0.05, 0) is 55.2 Å². The molecule has 1 aliphatic carbocycles. The first-order valence-electron chi connectivity index (χ1n) is 11.6. The third-order valence-corrected chi connectivity index (χ3v) is 6.57. The molecule has 33 heavy (non-hydrogen) atoms. The lowest BCUT2D eigenvalue weighted by Crippen LogP contribution is -2.35. The number of rotatable bonds is 7. The highest BCUT2D eigenvalue weighted by Crippen LogP contribution is 2.27. The van der Waals surface area contributed by atoms with Gasteiger partial charge in [0.1, 0.15) is 17.7 Å². The zero-order valence-electron chi connectivity index (χ0n) is 18.6. The Morgan fingerprint density at radius 1 is 1.18 bits per heavy atom. The number of nitrogens with zero attached hydrogens (tertiary/aromatic N) is 6.